The van der Waals surface area contributed by atoms with E-state index in [2.05, 4.69) is 4.72 Å². The number of sulfonamides is 1. The minimum absolute atomic E-state index is 0.0445. The van der Waals surface area contributed by atoms with Crippen LogP contribution in [0.25, 0.3) is 0 Å². The van der Waals surface area contributed by atoms with Crippen LogP contribution < -0.4 is 18.9 Å². The van der Waals surface area contributed by atoms with E-state index in [0.717, 1.165) is 16.9 Å². The van der Waals surface area contributed by atoms with Gasteiger partial charge in [-0.2, -0.15) is 0 Å². The summed E-state index contributed by atoms with van der Waals surface area (Å²) in [6, 6.07) is 9.94. The number of nitrogens with one attached hydrogen (secondary N) is 1. The average molecular weight is 379 g/mol. The number of hydrogen-bond donors (Lipinski definition) is 1. The fourth-order valence-electron chi connectivity index (χ4n) is 2.75. The highest BCUT2D eigenvalue weighted by atomic mass is 32.2. The smallest absolute Gasteiger partial charge is 0.244 e. The Kier molecular flexibility index (Phi) is 6.50. The fourth-order valence-corrected chi connectivity index (χ4v) is 4.24. The first kappa shape index (κ1) is 20.1. The van der Waals surface area contributed by atoms with Crippen molar-refractivity contribution in [2.75, 3.05) is 21.3 Å². The number of methoxy groups -OCH3 is 3. The largest absolute Gasteiger partial charge is 0.497 e. The van der Waals surface area contributed by atoms with Gasteiger partial charge in [-0.15, -0.1) is 0 Å². The zero-order valence-corrected chi connectivity index (χ0v) is 16.5. The molecule has 0 bridgehead atoms. The molecule has 0 aliphatic rings. The van der Waals surface area contributed by atoms with Crippen molar-refractivity contribution in [3.8, 4) is 17.2 Å². The minimum Gasteiger partial charge on any atom is -0.497 e. The number of ether oxygens (including phenoxy) is 3. The molecular formula is C19H25NO5S. The second kappa shape index (κ2) is 8.42. The van der Waals surface area contributed by atoms with E-state index in [1.807, 2.05) is 32.0 Å². The Hall–Kier alpha value is -2.25. The summed E-state index contributed by atoms with van der Waals surface area (Å²) in [7, 11) is 0.721. The molecule has 0 aliphatic heterocycles. The molecule has 26 heavy (non-hydrogen) atoms. The summed E-state index contributed by atoms with van der Waals surface area (Å²) in [5.74, 6) is 1.47. The third-order valence-electron chi connectivity index (χ3n) is 4.19. The van der Waals surface area contributed by atoms with Gasteiger partial charge >= 0.3 is 0 Å². The van der Waals surface area contributed by atoms with Crippen molar-refractivity contribution >= 4 is 10.0 Å². The van der Waals surface area contributed by atoms with Crippen LogP contribution in [0.4, 0.5) is 0 Å². The molecule has 0 aromatic heterocycles. The van der Waals surface area contributed by atoms with E-state index < -0.39 is 10.0 Å². The molecule has 7 heteroatoms. The van der Waals surface area contributed by atoms with Crippen LogP contribution in [-0.4, -0.2) is 29.7 Å². The quantitative estimate of drug-likeness (QED) is 0.760. The third-order valence-corrected chi connectivity index (χ3v) is 5.68. The van der Waals surface area contributed by atoms with Crippen molar-refractivity contribution in [1.29, 1.82) is 0 Å². The molecule has 0 radical (unpaired) electrons. The second-order valence-corrected chi connectivity index (χ2v) is 7.51. The van der Waals surface area contributed by atoms with Crippen molar-refractivity contribution in [3.05, 3.63) is 47.5 Å². The number of hydrogen-bond acceptors (Lipinski definition) is 5. The van der Waals surface area contributed by atoms with Gasteiger partial charge in [0.15, 0.2) is 0 Å². The summed E-state index contributed by atoms with van der Waals surface area (Å²) >= 11 is 0. The Bertz CT molecular complexity index is 864. The lowest BCUT2D eigenvalue weighted by Gasteiger charge is -2.20. The molecule has 0 fully saturated rings. The summed E-state index contributed by atoms with van der Waals surface area (Å²) in [5.41, 5.74) is 1.82. The monoisotopic (exact) mass is 379 g/mol. The van der Waals surface area contributed by atoms with E-state index in [1.165, 1.54) is 20.3 Å². The van der Waals surface area contributed by atoms with Gasteiger partial charge in [0.25, 0.3) is 0 Å². The normalized spacial score (nSPS) is 12.5. The van der Waals surface area contributed by atoms with Crippen molar-refractivity contribution < 1.29 is 22.6 Å². The van der Waals surface area contributed by atoms with Gasteiger partial charge in [0.05, 0.1) is 21.3 Å². The molecule has 2 aromatic rings. The number of rotatable bonds is 8. The van der Waals surface area contributed by atoms with Crippen LogP contribution in [0, 0.1) is 6.92 Å². The van der Waals surface area contributed by atoms with Gasteiger partial charge in [-0.3, -0.25) is 0 Å². The van der Waals surface area contributed by atoms with Gasteiger partial charge in [-0.1, -0.05) is 19.1 Å². The maximum absolute atomic E-state index is 13.0. The molecule has 0 saturated heterocycles. The van der Waals surface area contributed by atoms with E-state index in [0.29, 0.717) is 12.2 Å². The fraction of sp³-hybridized carbons (Fsp3) is 0.368. The second-order valence-electron chi connectivity index (χ2n) is 5.83. The molecule has 2 rings (SSSR count). The van der Waals surface area contributed by atoms with Gasteiger partial charge in [0.1, 0.15) is 22.1 Å². The maximum atomic E-state index is 13.0. The van der Waals surface area contributed by atoms with Gasteiger partial charge in [0, 0.05) is 12.1 Å². The van der Waals surface area contributed by atoms with Gasteiger partial charge < -0.3 is 14.2 Å². The highest BCUT2D eigenvalue weighted by Crippen LogP contribution is 2.31. The molecule has 0 aliphatic carbocycles. The summed E-state index contributed by atoms with van der Waals surface area (Å²) in [6.45, 7) is 3.85. The van der Waals surface area contributed by atoms with E-state index in [1.54, 1.807) is 19.2 Å². The highest BCUT2D eigenvalue weighted by Gasteiger charge is 2.25. The minimum atomic E-state index is -3.81. The van der Waals surface area contributed by atoms with Crippen molar-refractivity contribution in [3.63, 3.8) is 0 Å². The van der Waals surface area contributed by atoms with Gasteiger partial charge in [-0.05, 0) is 42.7 Å². The lowest BCUT2D eigenvalue weighted by atomic mass is 10.0. The summed E-state index contributed by atoms with van der Waals surface area (Å²) < 4.78 is 44.3. The average Bonchev–Trinajstić information content (AvgIpc) is 2.65. The van der Waals surface area contributed by atoms with Crippen LogP contribution in [0.5, 0.6) is 17.2 Å². The molecule has 1 atom stereocenters. The Morgan fingerprint density at radius 2 is 1.62 bits per heavy atom. The molecule has 0 saturated carbocycles. The first-order valence-electron chi connectivity index (χ1n) is 8.25. The van der Waals surface area contributed by atoms with E-state index >= 15 is 0 Å². The van der Waals surface area contributed by atoms with Crippen molar-refractivity contribution in [1.82, 2.24) is 4.72 Å². The van der Waals surface area contributed by atoms with Crippen LogP contribution >= 0.6 is 0 Å². The van der Waals surface area contributed by atoms with Crippen LogP contribution in [0.2, 0.25) is 0 Å². The zero-order valence-electron chi connectivity index (χ0n) is 15.7. The summed E-state index contributed by atoms with van der Waals surface area (Å²) in [5, 5.41) is 0. The molecule has 0 unspecified atom stereocenters. The maximum Gasteiger partial charge on any atom is 0.244 e. The van der Waals surface area contributed by atoms with Gasteiger partial charge in [-0.25, -0.2) is 13.1 Å². The van der Waals surface area contributed by atoms with Crippen molar-refractivity contribution in [2.24, 2.45) is 0 Å². The molecule has 0 heterocycles. The van der Waals surface area contributed by atoms with Crippen LogP contribution in [0.3, 0.4) is 0 Å². The Morgan fingerprint density at radius 1 is 0.962 bits per heavy atom. The molecule has 1 N–H and O–H groups in total. The Balaban J connectivity index is 2.39. The highest BCUT2D eigenvalue weighted by molar-refractivity contribution is 7.89. The lowest BCUT2D eigenvalue weighted by molar-refractivity contribution is 0.391. The zero-order chi connectivity index (χ0) is 19.3. The van der Waals surface area contributed by atoms with Crippen molar-refractivity contribution in [2.45, 2.75) is 31.2 Å². The first-order valence-corrected chi connectivity index (χ1v) is 9.73. The van der Waals surface area contributed by atoms with Crippen LogP contribution in [-0.2, 0) is 10.0 Å². The molecule has 142 valence electrons. The van der Waals surface area contributed by atoms with E-state index in [4.69, 9.17) is 14.2 Å². The molecule has 2 aromatic carbocycles. The molecule has 0 spiro atoms. The SMILES string of the molecule is CC[C@@H](NS(=O)(=O)c1cc(OC)ccc1OC)c1ccc(OC)c(C)c1. The Labute approximate surface area is 155 Å². The summed E-state index contributed by atoms with van der Waals surface area (Å²) in [4.78, 5) is 0.0445. The van der Waals surface area contributed by atoms with Crippen LogP contribution in [0.1, 0.15) is 30.5 Å². The topological polar surface area (TPSA) is 73.9 Å². The summed E-state index contributed by atoms with van der Waals surface area (Å²) in [6.07, 6.45) is 0.595. The third kappa shape index (κ3) is 4.28. The molecule has 0 amide bonds. The predicted octanol–water partition coefficient (Wildman–Crippen LogP) is 3.45. The van der Waals surface area contributed by atoms with Gasteiger partial charge in [0.2, 0.25) is 10.0 Å². The molecule has 6 nitrogen and oxygen atoms in total. The number of aryl methyl sites for hydroxylation is 1. The predicted molar refractivity (Wildman–Crippen MR) is 101 cm³/mol. The Morgan fingerprint density at radius 3 is 2.15 bits per heavy atom. The van der Waals surface area contributed by atoms with Crippen LogP contribution in [0.15, 0.2) is 41.3 Å². The standard InChI is InChI=1S/C19H25NO5S/c1-6-16(14-7-9-17(24-4)13(2)11-14)20-26(21,22)19-12-15(23-3)8-10-18(19)25-5/h7-12,16,20H,6H2,1-5H3/t16-/m1/s1. The molecular weight excluding hydrogens is 354 g/mol. The number of benzene rings is 2. The lowest BCUT2D eigenvalue weighted by Crippen LogP contribution is -2.28. The van der Waals surface area contributed by atoms with E-state index in [9.17, 15) is 8.42 Å². The first-order chi connectivity index (χ1) is 12.4. The van der Waals surface area contributed by atoms with E-state index in [-0.39, 0.29) is 16.7 Å².